The molecule has 0 saturated carbocycles. The highest BCUT2D eigenvalue weighted by Gasteiger charge is 2.20. The Hall–Kier alpha value is -3.24. The van der Waals surface area contributed by atoms with Gasteiger partial charge >= 0.3 is 0 Å². The molecule has 1 aromatic heterocycles. The summed E-state index contributed by atoms with van der Waals surface area (Å²) in [6.07, 6.45) is 3.39. The van der Waals surface area contributed by atoms with Crippen molar-refractivity contribution in [2.24, 2.45) is 0 Å². The molecule has 2 heterocycles. The topological polar surface area (TPSA) is 120 Å². The summed E-state index contributed by atoms with van der Waals surface area (Å²) in [5.41, 5.74) is 6.45. The molecule has 152 valence electrons. The van der Waals surface area contributed by atoms with Crippen LogP contribution in [0.15, 0.2) is 24.3 Å². The van der Waals surface area contributed by atoms with Gasteiger partial charge in [-0.05, 0) is 31.1 Å². The van der Waals surface area contributed by atoms with Crippen LogP contribution in [0.5, 0.6) is 5.75 Å². The molecule has 0 aliphatic carbocycles. The molecule has 0 unspecified atom stereocenters. The number of hydrogen-bond donors (Lipinski definition) is 2. The molecule has 29 heavy (non-hydrogen) atoms. The molecule has 9 nitrogen and oxygen atoms in total. The number of rotatable bonds is 5. The minimum absolute atomic E-state index is 0.0217. The van der Waals surface area contributed by atoms with Crippen molar-refractivity contribution in [2.75, 3.05) is 6.79 Å². The smallest absolute Gasteiger partial charge is 0.279 e. The average molecular weight is 417 g/mol. The fourth-order valence-electron chi connectivity index (χ4n) is 2.83. The van der Waals surface area contributed by atoms with E-state index in [1.807, 2.05) is 13.8 Å². The molecule has 0 fully saturated rings. The first kappa shape index (κ1) is 20.5. The summed E-state index contributed by atoms with van der Waals surface area (Å²) in [4.78, 5) is 36.4. The van der Waals surface area contributed by atoms with E-state index in [9.17, 15) is 19.7 Å². The van der Waals surface area contributed by atoms with E-state index in [2.05, 4.69) is 10.9 Å². The van der Waals surface area contributed by atoms with E-state index in [1.165, 1.54) is 29.5 Å². The number of carbonyl (C=O) groups is 2. The number of hydrogen-bond acceptors (Lipinski definition) is 7. The van der Waals surface area contributed by atoms with Gasteiger partial charge in [-0.3, -0.25) is 30.6 Å². The average Bonchev–Trinajstić information content (AvgIpc) is 3.10. The fraction of sp³-hybridized carbons (Fsp3) is 0.263. The number of hydrazine groups is 1. The number of ether oxygens (including phenoxy) is 2. The van der Waals surface area contributed by atoms with Gasteiger partial charge in [0, 0.05) is 34.2 Å². The summed E-state index contributed by atoms with van der Waals surface area (Å²) in [5, 5.41) is 11.1. The molecule has 3 rings (SSSR count). The Balaban J connectivity index is 1.68. The van der Waals surface area contributed by atoms with Gasteiger partial charge < -0.3 is 9.47 Å². The number of nitro benzene ring substituents is 1. The highest BCUT2D eigenvalue weighted by Crippen LogP contribution is 2.33. The maximum absolute atomic E-state index is 12.2. The fourth-order valence-corrected chi connectivity index (χ4v) is 3.84. The largest absolute Gasteiger partial charge is 0.467 e. The van der Waals surface area contributed by atoms with Gasteiger partial charge in [0.1, 0.15) is 5.75 Å². The van der Waals surface area contributed by atoms with E-state index in [1.54, 1.807) is 6.07 Å². The molecular formula is C19H19N3O6S. The highest BCUT2D eigenvalue weighted by atomic mass is 32.1. The first-order chi connectivity index (χ1) is 13.9. The van der Waals surface area contributed by atoms with E-state index < -0.39 is 16.7 Å². The SMILES string of the molecule is CCc1sc(C(=O)NNC(=O)/C=C/c2cc([N+](=O)[O-])cc3c2OCOC3)cc1C. The number of nitro groups is 1. The Labute approximate surface area is 170 Å². The third-order valence-corrected chi connectivity index (χ3v) is 5.59. The van der Waals surface area contributed by atoms with Crippen LogP contribution in [0.25, 0.3) is 6.08 Å². The third-order valence-electron chi connectivity index (χ3n) is 4.21. The van der Waals surface area contributed by atoms with E-state index in [0.29, 0.717) is 21.8 Å². The van der Waals surface area contributed by atoms with Crippen molar-refractivity contribution in [3.8, 4) is 5.75 Å². The van der Waals surface area contributed by atoms with Crippen molar-refractivity contribution in [3.05, 3.63) is 60.8 Å². The molecule has 1 aliphatic rings. The van der Waals surface area contributed by atoms with Gasteiger partial charge in [0.05, 0.1) is 16.4 Å². The zero-order valence-electron chi connectivity index (χ0n) is 15.8. The van der Waals surface area contributed by atoms with Crippen molar-refractivity contribution in [2.45, 2.75) is 26.9 Å². The molecule has 2 aromatic rings. The number of nitrogens with zero attached hydrogens (tertiary/aromatic N) is 1. The number of carbonyl (C=O) groups excluding carboxylic acids is 2. The van der Waals surface area contributed by atoms with Gasteiger partial charge in [0.15, 0.2) is 6.79 Å². The van der Waals surface area contributed by atoms with Crippen LogP contribution in [0, 0.1) is 17.0 Å². The van der Waals surface area contributed by atoms with Crippen LogP contribution in [0.1, 0.15) is 38.2 Å². The quantitative estimate of drug-likeness (QED) is 0.439. The third kappa shape index (κ3) is 4.79. The zero-order chi connectivity index (χ0) is 21.0. The maximum atomic E-state index is 12.2. The Morgan fingerprint density at radius 1 is 1.31 bits per heavy atom. The van der Waals surface area contributed by atoms with Crippen LogP contribution < -0.4 is 15.6 Å². The number of non-ortho nitro benzene ring substituents is 1. The van der Waals surface area contributed by atoms with Crippen LogP contribution in [-0.4, -0.2) is 23.5 Å². The first-order valence-electron chi connectivity index (χ1n) is 8.78. The summed E-state index contributed by atoms with van der Waals surface area (Å²) in [7, 11) is 0. The number of amides is 2. The second-order valence-corrected chi connectivity index (χ2v) is 7.37. The molecule has 0 saturated heterocycles. The Kier molecular flexibility index (Phi) is 6.25. The summed E-state index contributed by atoms with van der Waals surface area (Å²) in [5.74, 6) is -0.571. The van der Waals surface area contributed by atoms with Gasteiger partial charge in [-0.2, -0.15) is 0 Å². The molecule has 0 radical (unpaired) electrons. The lowest BCUT2D eigenvalue weighted by atomic mass is 10.1. The van der Waals surface area contributed by atoms with Crippen molar-refractivity contribution in [1.29, 1.82) is 0 Å². The van der Waals surface area contributed by atoms with Gasteiger partial charge in [-0.25, -0.2) is 0 Å². The van der Waals surface area contributed by atoms with E-state index in [-0.39, 0.29) is 19.1 Å². The van der Waals surface area contributed by atoms with Crippen molar-refractivity contribution in [3.63, 3.8) is 0 Å². The monoisotopic (exact) mass is 417 g/mol. The predicted octanol–water partition coefficient (Wildman–Crippen LogP) is 2.87. The number of thiophene rings is 1. The Morgan fingerprint density at radius 2 is 2.10 bits per heavy atom. The summed E-state index contributed by atoms with van der Waals surface area (Å²) < 4.78 is 10.5. The lowest BCUT2D eigenvalue weighted by Gasteiger charge is -2.19. The standard InChI is InChI=1S/C19H19N3O6S/c1-3-15-11(2)6-16(29-15)19(24)21-20-17(23)5-4-12-7-14(22(25)26)8-13-9-27-10-28-18(12)13/h4-8H,3,9-10H2,1-2H3,(H,20,23)(H,21,24)/b5-4+. The molecule has 1 aliphatic heterocycles. The second kappa shape index (κ2) is 8.84. The molecule has 10 heteroatoms. The number of benzene rings is 1. The molecule has 2 N–H and O–H groups in total. The maximum Gasteiger partial charge on any atom is 0.279 e. The summed E-state index contributed by atoms with van der Waals surface area (Å²) >= 11 is 1.38. The second-order valence-electron chi connectivity index (χ2n) is 6.24. The lowest BCUT2D eigenvalue weighted by molar-refractivity contribution is -0.385. The molecule has 0 atom stereocenters. The summed E-state index contributed by atoms with van der Waals surface area (Å²) in [6.45, 7) is 4.14. The van der Waals surface area contributed by atoms with Crippen molar-refractivity contribution < 1.29 is 24.0 Å². The molecular weight excluding hydrogens is 398 g/mol. The van der Waals surface area contributed by atoms with Crippen LogP contribution in [-0.2, 0) is 22.6 Å². The van der Waals surface area contributed by atoms with Crippen LogP contribution >= 0.6 is 11.3 Å². The molecule has 0 bridgehead atoms. The van der Waals surface area contributed by atoms with E-state index >= 15 is 0 Å². The number of aryl methyl sites for hydroxylation is 2. The normalized spacial score (nSPS) is 12.9. The Bertz CT molecular complexity index is 998. The molecule has 0 spiro atoms. The van der Waals surface area contributed by atoms with Crippen molar-refractivity contribution >= 4 is 34.9 Å². The summed E-state index contributed by atoms with van der Waals surface area (Å²) in [6, 6.07) is 4.46. The predicted molar refractivity (Wildman–Crippen MR) is 106 cm³/mol. The van der Waals surface area contributed by atoms with Gasteiger partial charge in [0.25, 0.3) is 17.5 Å². The van der Waals surface area contributed by atoms with E-state index in [4.69, 9.17) is 9.47 Å². The van der Waals surface area contributed by atoms with Crippen molar-refractivity contribution in [1.82, 2.24) is 10.9 Å². The van der Waals surface area contributed by atoms with Gasteiger partial charge in [-0.15, -0.1) is 11.3 Å². The zero-order valence-corrected chi connectivity index (χ0v) is 16.6. The van der Waals surface area contributed by atoms with E-state index in [0.717, 1.165) is 22.9 Å². The highest BCUT2D eigenvalue weighted by molar-refractivity contribution is 7.14. The van der Waals surface area contributed by atoms with Crippen LogP contribution in [0.3, 0.4) is 0 Å². The Morgan fingerprint density at radius 3 is 2.79 bits per heavy atom. The minimum Gasteiger partial charge on any atom is -0.467 e. The minimum atomic E-state index is -0.588. The van der Waals surface area contributed by atoms with Gasteiger partial charge in [0.2, 0.25) is 0 Å². The number of fused-ring (bicyclic) bond motifs is 1. The number of nitrogens with one attached hydrogen (secondary N) is 2. The van der Waals surface area contributed by atoms with Crippen LogP contribution in [0.2, 0.25) is 0 Å². The lowest BCUT2D eigenvalue weighted by Crippen LogP contribution is -2.40. The first-order valence-corrected chi connectivity index (χ1v) is 9.60. The van der Waals surface area contributed by atoms with Gasteiger partial charge in [-0.1, -0.05) is 6.92 Å². The van der Waals surface area contributed by atoms with Crippen LogP contribution in [0.4, 0.5) is 5.69 Å². The molecule has 2 amide bonds. The molecule has 1 aromatic carbocycles.